The fraction of sp³-hybridized carbons (Fsp3) is 0.625. The highest BCUT2D eigenvalue weighted by molar-refractivity contribution is 5.78. The van der Waals surface area contributed by atoms with Gasteiger partial charge in [0.2, 0.25) is 5.91 Å². The van der Waals surface area contributed by atoms with Gasteiger partial charge < -0.3 is 10.3 Å². The van der Waals surface area contributed by atoms with Crippen LogP contribution in [0.3, 0.4) is 0 Å². The molecule has 1 heterocycles. The van der Waals surface area contributed by atoms with Crippen LogP contribution in [0.4, 0.5) is 0 Å². The maximum absolute atomic E-state index is 11.1. The molecule has 1 saturated carbocycles. The molecule has 0 aliphatic heterocycles. The van der Waals surface area contributed by atoms with Gasteiger partial charge in [0.15, 0.2) is 6.10 Å². The van der Waals surface area contributed by atoms with E-state index in [1.807, 2.05) is 12.5 Å². The third-order valence-corrected chi connectivity index (χ3v) is 4.37. The summed E-state index contributed by atoms with van der Waals surface area (Å²) in [6, 6.07) is 0. The maximum atomic E-state index is 11.1. The highest BCUT2D eigenvalue weighted by atomic mass is 16.6. The second kappa shape index (κ2) is 8.70. The van der Waals surface area contributed by atoms with Crippen LogP contribution in [0.5, 0.6) is 0 Å². The van der Waals surface area contributed by atoms with Gasteiger partial charge in [0.25, 0.3) is 0 Å². The number of allylic oxidation sites excluding steroid dienone is 2. The van der Waals surface area contributed by atoms with Crippen molar-refractivity contribution in [2.75, 3.05) is 0 Å². The predicted octanol–water partition coefficient (Wildman–Crippen LogP) is 1.91. The van der Waals surface area contributed by atoms with E-state index in [9.17, 15) is 4.79 Å². The summed E-state index contributed by atoms with van der Waals surface area (Å²) in [5, 5.41) is 0. The van der Waals surface area contributed by atoms with Crippen LogP contribution in [0.25, 0.3) is 0 Å². The van der Waals surface area contributed by atoms with E-state index >= 15 is 0 Å². The molecular weight excluding hydrogens is 280 g/mol. The first kappa shape index (κ1) is 16.7. The Kier molecular flexibility index (Phi) is 6.61. The molecule has 1 aliphatic carbocycles. The lowest BCUT2D eigenvalue weighted by Gasteiger charge is -2.25. The monoisotopic (exact) mass is 306 g/mol. The van der Waals surface area contributed by atoms with Crippen molar-refractivity contribution in [3.8, 4) is 0 Å². The van der Waals surface area contributed by atoms with Crippen LogP contribution >= 0.6 is 0 Å². The van der Waals surface area contributed by atoms with Gasteiger partial charge in [-0.2, -0.15) is 0 Å². The van der Waals surface area contributed by atoms with E-state index in [0.29, 0.717) is 12.3 Å². The number of carbonyl (C=O) groups excluding carboxylic acids is 1. The van der Waals surface area contributed by atoms with E-state index < -0.39 is 12.0 Å². The van der Waals surface area contributed by atoms with Gasteiger partial charge in [-0.25, -0.2) is 10.9 Å². The van der Waals surface area contributed by atoms with Gasteiger partial charge in [-0.3, -0.25) is 9.63 Å². The van der Waals surface area contributed by atoms with Gasteiger partial charge >= 0.3 is 0 Å². The molecule has 122 valence electrons. The topological polar surface area (TPSA) is 96.2 Å². The summed E-state index contributed by atoms with van der Waals surface area (Å²) < 4.78 is 2.09. The molecule has 1 atom stereocenters. The summed E-state index contributed by atoms with van der Waals surface area (Å²) >= 11 is 0. The van der Waals surface area contributed by atoms with Gasteiger partial charge in [0, 0.05) is 18.9 Å². The SMILES string of the molecule is NOC(CCC=C(Cn1ccnc1)C1CCCCC1)C(N)=O. The van der Waals surface area contributed by atoms with Crippen molar-refractivity contribution in [1.82, 2.24) is 9.55 Å². The van der Waals surface area contributed by atoms with Crippen molar-refractivity contribution >= 4 is 5.91 Å². The zero-order valence-corrected chi connectivity index (χ0v) is 13.0. The highest BCUT2D eigenvalue weighted by Crippen LogP contribution is 2.31. The summed E-state index contributed by atoms with van der Waals surface area (Å²) in [5.74, 6) is 5.23. The Hall–Kier alpha value is -1.66. The first-order valence-electron chi connectivity index (χ1n) is 8.00. The first-order valence-corrected chi connectivity index (χ1v) is 8.00. The van der Waals surface area contributed by atoms with Crippen molar-refractivity contribution in [1.29, 1.82) is 0 Å². The minimum atomic E-state index is -0.711. The van der Waals surface area contributed by atoms with Gasteiger partial charge in [-0.1, -0.05) is 30.9 Å². The predicted molar refractivity (Wildman–Crippen MR) is 84.4 cm³/mol. The number of aromatic nitrogens is 2. The number of amides is 1. The molecule has 4 N–H and O–H groups in total. The number of nitrogens with two attached hydrogens (primary N) is 2. The normalized spacial score (nSPS) is 18.3. The first-order chi connectivity index (χ1) is 10.7. The van der Waals surface area contributed by atoms with E-state index in [-0.39, 0.29) is 0 Å². The Morgan fingerprint density at radius 1 is 1.41 bits per heavy atom. The third kappa shape index (κ3) is 4.96. The number of hydrogen-bond donors (Lipinski definition) is 2. The molecule has 6 heteroatoms. The lowest BCUT2D eigenvalue weighted by Crippen LogP contribution is -2.33. The number of hydrogen-bond acceptors (Lipinski definition) is 4. The molecule has 6 nitrogen and oxygen atoms in total. The lowest BCUT2D eigenvalue weighted by atomic mass is 9.83. The Morgan fingerprint density at radius 3 is 2.77 bits per heavy atom. The second-order valence-corrected chi connectivity index (χ2v) is 5.95. The maximum Gasteiger partial charge on any atom is 0.248 e. The summed E-state index contributed by atoms with van der Waals surface area (Å²) in [6.45, 7) is 0.857. The van der Waals surface area contributed by atoms with Gasteiger partial charge in [0.05, 0.1) is 6.33 Å². The van der Waals surface area contributed by atoms with Gasteiger partial charge in [-0.05, 0) is 31.6 Å². The molecule has 1 aliphatic rings. The molecular formula is C16H26N4O2. The van der Waals surface area contributed by atoms with E-state index in [1.54, 1.807) is 6.20 Å². The van der Waals surface area contributed by atoms with E-state index in [4.69, 9.17) is 11.6 Å². The highest BCUT2D eigenvalue weighted by Gasteiger charge is 2.19. The van der Waals surface area contributed by atoms with Crippen molar-refractivity contribution in [2.45, 2.75) is 57.6 Å². The smallest absolute Gasteiger partial charge is 0.248 e. The number of imidazole rings is 1. The molecule has 0 aromatic carbocycles. The van der Waals surface area contributed by atoms with Gasteiger partial charge in [-0.15, -0.1) is 0 Å². The van der Waals surface area contributed by atoms with Gasteiger partial charge in [0.1, 0.15) is 0 Å². The molecule has 1 unspecified atom stereocenters. The van der Waals surface area contributed by atoms with Crippen molar-refractivity contribution in [3.63, 3.8) is 0 Å². The molecule has 22 heavy (non-hydrogen) atoms. The van der Waals surface area contributed by atoms with Crippen LogP contribution in [-0.4, -0.2) is 21.6 Å². The molecule has 0 saturated heterocycles. The molecule has 1 fully saturated rings. The minimum Gasteiger partial charge on any atom is -0.367 e. The minimum absolute atomic E-state index is 0.510. The summed E-state index contributed by atoms with van der Waals surface area (Å²) in [6.07, 6.45) is 14.8. The van der Waals surface area contributed by atoms with Crippen LogP contribution in [0.15, 0.2) is 30.4 Å². The standard InChI is InChI=1S/C16H26N4O2/c17-16(21)15(22-18)8-4-7-14(11-20-10-9-19-12-20)13-5-2-1-3-6-13/h7,9-10,12-13,15H,1-6,8,11,18H2,(H2,17,21). The van der Waals surface area contributed by atoms with E-state index in [2.05, 4.69) is 20.5 Å². The molecule has 1 aromatic heterocycles. The van der Waals surface area contributed by atoms with Crippen LogP contribution in [0.1, 0.15) is 44.9 Å². The Bertz CT molecular complexity index is 478. The van der Waals surface area contributed by atoms with Crippen molar-refractivity contribution in [2.24, 2.45) is 17.5 Å². The number of carbonyl (C=O) groups is 1. The molecule has 1 amide bonds. The van der Waals surface area contributed by atoms with E-state index in [0.717, 1.165) is 13.0 Å². The average molecular weight is 306 g/mol. The van der Waals surface area contributed by atoms with Crippen molar-refractivity contribution < 1.29 is 9.63 Å². The van der Waals surface area contributed by atoms with E-state index in [1.165, 1.54) is 37.7 Å². The second-order valence-electron chi connectivity index (χ2n) is 5.95. The zero-order valence-electron chi connectivity index (χ0n) is 13.0. The Labute approximate surface area is 131 Å². The summed E-state index contributed by atoms with van der Waals surface area (Å²) in [7, 11) is 0. The van der Waals surface area contributed by atoms with Crippen LogP contribution in [0, 0.1) is 5.92 Å². The van der Waals surface area contributed by atoms with Crippen LogP contribution in [-0.2, 0) is 16.2 Å². The fourth-order valence-electron chi connectivity index (χ4n) is 3.12. The molecule has 0 bridgehead atoms. The molecule has 2 rings (SSSR count). The summed E-state index contributed by atoms with van der Waals surface area (Å²) in [5.41, 5.74) is 6.65. The molecule has 0 radical (unpaired) electrons. The lowest BCUT2D eigenvalue weighted by molar-refractivity contribution is -0.130. The summed E-state index contributed by atoms with van der Waals surface area (Å²) in [4.78, 5) is 19.9. The Balaban J connectivity index is 1.99. The average Bonchev–Trinajstić information content (AvgIpc) is 3.04. The quantitative estimate of drug-likeness (QED) is 0.566. The van der Waals surface area contributed by atoms with Crippen LogP contribution in [0.2, 0.25) is 0 Å². The van der Waals surface area contributed by atoms with Crippen molar-refractivity contribution in [3.05, 3.63) is 30.4 Å². The molecule has 0 spiro atoms. The third-order valence-electron chi connectivity index (χ3n) is 4.37. The number of rotatable bonds is 8. The molecule has 1 aromatic rings. The van der Waals surface area contributed by atoms with Crippen LogP contribution < -0.4 is 11.6 Å². The number of primary amides is 1. The fourth-order valence-corrected chi connectivity index (χ4v) is 3.12. The zero-order chi connectivity index (χ0) is 15.8. The largest absolute Gasteiger partial charge is 0.367 e. The number of nitrogens with zero attached hydrogens (tertiary/aromatic N) is 2. The Morgan fingerprint density at radius 2 is 2.18 bits per heavy atom.